The van der Waals surface area contributed by atoms with Crippen LogP contribution >= 0.6 is 0 Å². The second kappa shape index (κ2) is 4.84. The molecular formula is C15H16O. The fourth-order valence-corrected chi connectivity index (χ4v) is 1.84. The van der Waals surface area contributed by atoms with Gasteiger partial charge in [-0.25, -0.2) is 0 Å². The predicted molar refractivity (Wildman–Crippen MR) is 66.7 cm³/mol. The monoisotopic (exact) mass is 212 g/mol. The minimum Gasteiger partial charge on any atom is -0.489 e. The number of aryl methyl sites for hydroxylation is 2. The molecule has 2 rings (SSSR count). The summed E-state index contributed by atoms with van der Waals surface area (Å²) in [7, 11) is 0. The Balaban J connectivity index is 2.05. The maximum atomic E-state index is 5.70. The SMILES string of the molecule is Cc1cc(C)cc(COc2ccccc2)c1. The summed E-state index contributed by atoms with van der Waals surface area (Å²) in [6.07, 6.45) is 0. The van der Waals surface area contributed by atoms with Gasteiger partial charge in [0.1, 0.15) is 12.4 Å². The zero-order valence-corrected chi connectivity index (χ0v) is 9.73. The molecule has 1 nitrogen and oxygen atoms in total. The van der Waals surface area contributed by atoms with Crippen molar-refractivity contribution in [2.24, 2.45) is 0 Å². The Morgan fingerprint density at radius 3 is 2.12 bits per heavy atom. The molecule has 0 saturated carbocycles. The highest BCUT2D eigenvalue weighted by Gasteiger charge is 1.97. The van der Waals surface area contributed by atoms with Crippen LogP contribution in [0.15, 0.2) is 48.5 Å². The number of rotatable bonds is 3. The van der Waals surface area contributed by atoms with Gasteiger partial charge in [-0.1, -0.05) is 47.5 Å². The first-order valence-electron chi connectivity index (χ1n) is 5.49. The minimum absolute atomic E-state index is 0.631. The van der Waals surface area contributed by atoms with E-state index < -0.39 is 0 Å². The van der Waals surface area contributed by atoms with Crippen LogP contribution in [0.5, 0.6) is 5.75 Å². The number of para-hydroxylation sites is 1. The Labute approximate surface area is 96.7 Å². The van der Waals surface area contributed by atoms with Crippen LogP contribution < -0.4 is 4.74 Å². The van der Waals surface area contributed by atoms with Crippen LogP contribution in [-0.4, -0.2) is 0 Å². The van der Waals surface area contributed by atoms with Gasteiger partial charge in [0.2, 0.25) is 0 Å². The molecule has 0 fully saturated rings. The van der Waals surface area contributed by atoms with Crippen LogP contribution in [0.3, 0.4) is 0 Å². The Morgan fingerprint density at radius 1 is 0.875 bits per heavy atom. The van der Waals surface area contributed by atoms with E-state index in [2.05, 4.69) is 32.0 Å². The normalized spacial score (nSPS) is 10.1. The van der Waals surface area contributed by atoms with Crippen molar-refractivity contribution in [1.82, 2.24) is 0 Å². The van der Waals surface area contributed by atoms with Crippen molar-refractivity contribution in [1.29, 1.82) is 0 Å². The molecule has 0 aromatic heterocycles. The first-order valence-corrected chi connectivity index (χ1v) is 5.49. The van der Waals surface area contributed by atoms with Crippen molar-refractivity contribution in [3.63, 3.8) is 0 Å². The second-order valence-corrected chi connectivity index (χ2v) is 4.10. The van der Waals surface area contributed by atoms with Crippen molar-refractivity contribution < 1.29 is 4.74 Å². The van der Waals surface area contributed by atoms with Crippen LogP contribution in [0, 0.1) is 13.8 Å². The molecule has 0 heterocycles. The van der Waals surface area contributed by atoms with Crippen molar-refractivity contribution in [3.8, 4) is 5.75 Å². The van der Waals surface area contributed by atoms with Crippen LogP contribution in [0.1, 0.15) is 16.7 Å². The molecule has 82 valence electrons. The minimum atomic E-state index is 0.631. The smallest absolute Gasteiger partial charge is 0.119 e. The molecular weight excluding hydrogens is 196 g/mol. The Hall–Kier alpha value is -1.76. The molecule has 0 saturated heterocycles. The van der Waals surface area contributed by atoms with Gasteiger partial charge >= 0.3 is 0 Å². The molecule has 0 N–H and O–H groups in total. The van der Waals surface area contributed by atoms with Crippen LogP contribution in [0.4, 0.5) is 0 Å². The van der Waals surface area contributed by atoms with E-state index in [9.17, 15) is 0 Å². The molecule has 0 unspecified atom stereocenters. The molecule has 16 heavy (non-hydrogen) atoms. The van der Waals surface area contributed by atoms with Crippen molar-refractivity contribution in [2.45, 2.75) is 20.5 Å². The largest absolute Gasteiger partial charge is 0.489 e. The summed E-state index contributed by atoms with van der Waals surface area (Å²) in [5.41, 5.74) is 3.79. The van der Waals surface area contributed by atoms with Gasteiger partial charge in [-0.15, -0.1) is 0 Å². The van der Waals surface area contributed by atoms with E-state index in [1.165, 1.54) is 16.7 Å². The van der Waals surface area contributed by atoms with Crippen molar-refractivity contribution in [3.05, 3.63) is 65.2 Å². The van der Waals surface area contributed by atoms with E-state index >= 15 is 0 Å². The quantitative estimate of drug-likeness (QED) is 0.750. The third kappa shape index (κ3) is 2.86. The van der Waals surface area contributed by atoms with E-state index in [-0.39, 0.29) is 0 Å². The average Bonchev–Trinajstić information content (AvgIpc) is 2.27. The van der Waals surface area contributed by atoms with E-state index in [1.807, 2.05) is 30.3 Å². The maximum absolute atomic E-state index is 5.70. The second-order valence-electron chi connectivity index (χ2n) is 4.10. The topological polar surface area (TPSA) is 9.23 Å². The van der Waals surface area contributed by atoms with E-state index in [0.717, 1.165) is 5.75 Å². The van der Waals surface area contributed by atoms with Crippen molar-refractivity contribution >= 4 is 0 Å². The molecule has 0 atom stereocenters. The highest BCUT2D eigenvalue weighted by atomic mass is 16.5. The van der Waals surface area contributed by atoms with Gasteiger partial charge in [0.25, 0.3) is 0 Å². The van der Waals surface area contributed by atoms with Gasteiger partial charge in [0.15, 0.2) is 0 Å². The third-order valence-electron chi connectivity index (χ3n) is 2.43. The summed E-state index contributed by atoms with van der Waals surface area (Å²) in [4.78, 5) is 0. The number of benzene rings is 2. The zero-order valence-electron chi connectivity index (χ0n) is 9.73. The number of hydrogen-bond acceptors (Lipinski definition) is 1. The van der Waals surface area contributed by atoms with Crippen LogP contribution in [0.25, 0.3) is 0 Å². The van der Waals surface area contributed by atoms with Gasteiger partial charge in [0.05, 0.1) is 0 Å². The molecule has 0 spiro atoms. The van der Waals surface area contributed by atoms with E-state index in [0.29, 0.717) is 6.61 Å². The van der Waals surface area contributed by atoms with E-state index in [1.54, 1.807) is 0 Å². The lowest BCUT2D eigenvalue weighted by molar-refractivity contribution is 0.306. The molecule has 2 aromatic rings. The van der Waals surface area contributed by atoms with Crippen LogP contribution in [0.2, 0.25) is 0 Å². The summed E-state index contributed by atoms with van der Waals surface area (Å²) in [5, 5.41) is 0. The highest BCUT2D eigenvalue weighted by molar-refractivity contribution is 5.29. The lowest BCUT2D eigenvalue weighted by atomic mass is 10.1. The van der Waals surface area contributed by atoms with Gasteiger partial charge in [-0.2, -0.15) is 0 Å². The first-order chi connectivity index (χ1) is 7.74. The molecule has 0 amide bonds. The lowest BCUT2D eigenvalue weighted by Gasteiger charge is -2.07. The fourth-order valence-electron chi connectivity index (χ4n) is 1.84. The molecule has 0 aliphatic carbocycles. The Bertz CT molecular complexity index is 440. The summed E-state index contributed by atoms with van der Waals surface area (Å²) >= 11 is 0. The Kier molecular flexibility index (Phi) is 3.25. The van der Waals surface area contributed by atoms with Gasteiger partial charge < -0.3 is 4.74 Å². The summed E-state index contributed by atoms with van der Waals surface area (Å²) in [6.45, 7) is 4.85. The number of hydrogen-bond donors (Lipinski definition) is 0. The molecule has 0 aliphatic heterocycles. The van der Waals surface area contributed by atoms with E-state index in [4.69, 9.17) is 4.74 Å². The lowest BCUT2D eigenvalue weighted by Crippen LogP contribution is -1.96. The van der Waals surface area contributed by atoms with Crippen molar-refractivity contribution in [2.75, 3.05) is 0 Å². The van der Waals surface area contributed by atoms with Gasteiger partial charge in [-0.05, 0) is 31.5 Å². The molecule has 0 bridgehead atoms. The highest BCUT2D eigenvalue weighted by Crippen LogP contribution is 2.14. The molecule has 0 radical (unpaired) electrons. The first kappa shape index (κ1) is 10.7. The standard InChI is InChI=1S/C15H16O/c1-12-8-13(2)10-14(9-12)11-16-15-6-4-3-5-7-15/h3-10H,11H2,1-2H3. The molecule has 0 aliphatic rings. The van der Waals surface area contributed by atoms with Crippen LogP contribution in [-0.2, 0) is 6.61 Å². The van der Waals surface area contributed by atoms with Gasteiger partial charge in [0, 0.05) is 0 Å². The summed E-state index contributed by atoms with van der Waals surface area (Å²) in [6, 6.07) is 16.4. The maximum Gasteiger partial charge on any atom is 0.119 e. The molecule has 1 heteroatoms. The summed E-state index contributed by atoms with van der Waals surface area (Å²) < 4.78 is 5.70. The fraction of sp³-hybridized carbons (Fsp3) is 0.200. The number of ether oxygens (including phenoxy) is 1. The zero-order chi connectivity index (χ0) is 11.4. The third-order valence-corrected chi connectivity index (χ3v) is 2.43. The molecule has 2 aromatic carbocycles. The predicted octanol–water partition coefficient (Wildman–Crippen LogP) is 3.88. The van der Waals surface area contributed by atoms with Gasteiger partial charge in [-0.3, -0.25) is 0 Å². The summed E-state index contributed by atoms with van der Waals surface area (Å²) in [5.74, 6) is 0.918. The Morgan fingerprint density at radius 2 is 1.50 bits per heavy atom. The average molecular weight is 212 g/mol.